The van der Waals surface area contributed by atoms with E-state index >= 15 is 0 Å². The summed E-state index contributed by atoms with van der Waals surface area (Å²) >= 11 is 0. The van der Waals surface area contributed by atoms with Crippen molar-refractivity contribution < 1.29 is 9.59 Å². The topological polar surface area (TPSA) is 139 Å². The molecule has 0 aliphatic heterocycles. The molecule has 4 N–H and O–H groups in total. The summed E-state index contributed by atoms with van der Waals surface area (Å²) in [4.78, 5) is 39.8. The van der Waals surface area contributed by atoms with Gasteiger partial charge in [0.05, 0.1) is 22.7 Å². The number of fused-ring (bicyclic) bond motifs is 1. The van der Waals surface area contributed by atoms with Crippen LogP contribution in [0.25, 0.3) is 22.2 Å². The summed E-state index contributed by atoms with van der Waals surface area (Å²) in [5, 5.41) is 14.4. The zero-order valence-corrected chi connectivity index (χ0v) is 17.7. The summed E-state index contributed by atoms with van der Waals surface area (Å²) in [5.41, 5.74) is 4.12. The van der Waals surface area contributed by atoms with Crippen LogP contribution in [-0.4, -0.2) is 31.8 Å². The van der Waals surface area contributed by atoms with Crippen LogP contribution in [0.4, 0.5) is 11.9 Å². The van der Waals surface area contributed by atoms with Gasteiger partial charge in [0.25, 0.3) is 11.8 Å². The number of nitrogens with one attached hydrogen (secondary N) is 4. The molecule has 0 fully saturated rings. The Morgan fingerprint density at radius 2 is 1.68 bits per heavy atom. The van der Waals surface area contributed by atoms with Gasteiger partial charge in [-0.1, -0.05) is 30.3 Å². The minimum Gasteiger partial charge on any atom is -0.331 e. The Morgan fingerprint density at radius 1 is 0.882 bits per heavy atom. The van der Waals surface area contributed by atoms with Crippen molar-refractivity contribution in [2.75, 3.05) is 10.6 Å². The van der Waals surface area contributed by atoms with Gasteiger partial charge in [0.1, 0.15) is 5.52 Å². The number of hydrogen-bond donors (Lipinski definition) is 4. The Bertz CT molecular complexity index is 1540. The monoisotopic (exact) mass is 447 g/mol. The van der Waals surface area contributed by atoms with E-state index < -0.39 is 0 Å². The minimum absolute atomic E-state index is 0.224. The minimum atomic E-state index is -0.375. The molecule has 5 rings (SSSR count). The van der Waals surface area contributed by atoms with E-state index in [1.165, 1.54) is 6.20 Å². The molecule has 2 amide bonds. The maximum atomic E-state index is 12.9. The third kappa shape index (κ3) is 4.11. The largest absolute Gasteiger partial charge is 0.331 e. The molecule has 2 aromatic heterocycles. The Kier molecular flexibility index (Phi) is 5.30. The Hall–Kier alpha value is -5.23. The van der Waals surface area contributed by atoms with Crippen LogP contribution in [0.15, 0.2) is 79.1 Å². The van der Waals surface area contributed by atoms with Gasteiger partial charge in [-0.05, 0) is 47.5 Å². The van der Waals surface area contributed by atoms with Crippen molar-refractivity contribution in [3.05, 3.63) is 95.8 Å². The summed E-state index contributed by atoms with van der Waals surface area (Å²) < 4.78 is 0. The number of hydrogen-bond acceptors (Lipinski definition) is 5. The summed E-state index contributed by atoms with van der Waals surface area (Å²) in [6, 6.07) is 21.5. The van der Waals surface area contributed by atoms with Gasteiger partial charge < -0.3 is 9.97 Å². The molecule has 9 heteroatoms. The molecule has 164 valence electrons. The fourth-order valence-corrected chi connectivity index (χ4v) is 3.54. The zero-order chi connectivity index (χ0) is 23.5. The highest BCUT2D eigenvalue weighted by molar-refractivity contribution is 6.11. The fourth-order valence-electron chi connectivity index (χ4n) is 3.54. The molecular weight excluding hydrogens is 430 g/mol. The number of nitrogens with zero attached hydrogens (tertiary/aromatic N) is 3. The number of rotatable bonds is 5. The number of anilines is 2. The van der Waals surface area contributed by atoms with Crippen LogP contribution < -0.4 is 10.6 Å². The molecule has 0 unspecified atom stereocenters. The first kappa shape index (κ1) is 20.7. The second kappa shape index (κ2) is 8.72. The molecule has 0 saturated heterocycles. The number of nitriles is 1. The predicted molar refractivity (Wildman–Crippen MR) is 127 cm³/mol. The van der Waals surface area contributed by atoms with Crippen molar-refractivity contribution in [2.45, 2.75) is 0 Å². The third-order valence-corrected chi connectivity index (χ3v) is 5.19. The maximum Gasteiger partial charge on any atom is 0.260 e. The smallest absolute Gasteiger partial charge is 0.260 e. The lowest BCUT2D eigenvalue weighted by atomic mass is 10.0. The van der Waals surface area contributed by atoms with Gasteiger partial charge in [0, 0.05) is 18.0 Å². The lowest BCUT2D eigenvalue weighted by molar-refractivity contribution is 0.101. The summed E-state index contributed by atoms with van der Waals surface area (Å²) in [7, 11) is 0. The molecule has 34 heavy (non-hydrogen) atoms. The van der Waals surface area contributed by atoms with Crippen molar-refractivity contribution in [1.29, 1.82) is 5.26 Å². The standard InChI is InChI=1S/C25H17N7O2/c26-14-15-7-9-16(10-8-15)17-3-1-4-18(13-17)22(33)31-25-29-20-6-2-5-19(21(20)30-25)23(34)32-24-27-11-12-28-24/h1-13H,(H2,27,28,32,34)(H2,29,30,31,33). The molecule has 0 radical (unpaired) electrons. The van der Waals surface area contributed by atoms with Gasteiger partial charge >= 0.3 is 0 Å². The first-order chi connectivity index (χ1) is 16.6. The van der Waals surface area contributed by atoms with E-state index in [0.29, 0.717) is 33.7 Å². The van der Waals surface area contributed by atoms with Gasteiger partial charge in [0.15, 0.2) is 0 Å². The van der Waals surface area contributed by atoms with E-state index in [4.69, 9.17) is 5.26 Å². The van der Waals surface area contributed by atoms with Gasteiger partial charge in [0.2, 0.25) is 11.9 Å². The number of aromatic nitrogens is 4. The second-order valence-electron chi connectivity index (χ2n) is 7.40. The zero-order valence-electron chi connectivity index (χ0n) is 17.7. The quantitative estimate of drug-likeness (QED) is 0.318. The van der Waals surface area contributed by atoms with Gasteiger partial charge in [-0.15, -0.1) is 0 Å². The van der Waals surface area contributed by atoms with Crippen LogP contribution in [0.3, 0.4) is 0 Å². The van der Waals surface area contributed by atoms with Crippen molar-refractivity contribution in [3.8, 4) is 17.2 Å². The molecule has 0 spiro atoms. The van der Waals surface area contributed by atoms with Crippen molar-refractivity contribution in [1.82, 2.24) is 19.9 Å². The van der Waals surface area contributed by atoms with Crippen LogP contribution in [0.1, 0.15) is 26.3 Å². The Morgan fingerprint density at radius 3 is 2.44 bits per heavy atom. The number of carbonyl (C=O) groups is 2. The summed E-state index contributed by atoms with van der Waals surface area (Å²) in [6.45, 7) is 0. The van der Waals surface area contributed by atoms with Gasteiger partial charge in [-0.2, -0.15) is 5.26 Å². The fraction of sp³-hybridized carbons (Fsp3) is 0. The van der Waals surface area contributed by atoms with Crippen LogP contribution in [-0.2, 0) is 0 Å². The van der Waals surface area contributed by atoms with E-state index in [1.54, 1.807) is 54.7 Å². The number of carbonyl (C=O) groups excluding carboxylic acids is 2. The lowest BCUT2D eigenvalue weighted by Gasteiger charge is -2.06. The number of imidazole rings is 2. The molecule has 9 nitrogen and oxygen atoms in total. The predicted octanol–water partition coefficient (Wildman–Crippen LogP) is 4.33. The molecule has 3 aromatic carbocycles. The molecule has 0 bridgehead atoms. The lowest BCUT2D eigenvalue weighted by Crippen LogP contribution is -2.14. The summed E-state index contributed by atoms with van der Waals surface area (Å²) in [5.74, 6) is -0.175. The van der Waals surface area contributed by atoms with E-state index in [0.717, 1.165) is 11.1 Å². The van der Waals surface area contributed by atoms with Crippen LogP contribution in [0.2, 0.25) is 0 Å². The third-order valence-electron chi connectivity index (χ3n) is 5.19. The highest BCUT2D eigenvalue weighted by atomic mass is 16.2. The number of amides is 2. The van der Waals surface area contributed by atoms with E-state index in [9.17, 15) is 9.59 Å². The molecule has 0 aliphatic carbocycles. The van der Waals surface area contributed by atoms with Crippen molar-refractivity contribution >= 4 is 34.7 Å². The molecule has 0 saturated carbocycles. The summed E-state index contributed by atoms with van der Waals surface area (Å²) in [6.07, 6.45) is 3.14. The normalized spacial score (nSPS) is 10.6. The molecular formula is C25H17N7O2. The number of aromatic amines is 2. The van der Waals surface area contributed by atoms with Crippen LogP contribution in [0.5, 0.6) is 0 Å². The molecule has 2 heterocycles. The first-order valence-electron chi connectivity index (χ1n) is 10.3. The number of H-pyrrole nitrogens is 2. The molecule has 0 aliphatic rings. The van der Waals surface area contributed by atoms with E-state index in [1.807, 2.05) is 18.2 Å². The molecule has 0 atom stereocenters. The number of benzene rings is 3. The SMILES string of the molecule is N#Cc1ccc(-c2cccc(C(=O)Nc3nc4c(C(=O)Nc5ncc[nH]5)cccc4[nH]3)c2)cc1. The highest BCUT2D eigenvalue weighted by Crippen LogP contribution is 2.23. The number of para-hydroxylation sites is 1. The van der Waals surface area contributed by atoms with Gasteiger partial charge in [-0.25, -0.2) is 9.97 Å². The average molecular weight is 447 g/mol. The maximum absolute atomic E-state index is 12.9. The second-order valence-corrected chi connectivity index (χ2v) is 7.40. The Balaban J connectivity index is 1.37. The Labute approximate surface area is 193 Å². The van der Waals surface area contributed by atoms with Crippen LogP contribution in [0, 0.1) is 11.3 Å². The van der Waals surface area contributed by atoms with Crippen molar-refractivity contribution in [2.24, 2.45) is 0 Å². The highest BCUT2D eigenvalue weighted by Gasteiger charge is 2.16. The van der Waals surface area contributed by atoms with E-state index in [2.05, 4.69) is 36.6 Å². The van der Waals surface area contributed by atoms with E-state index in [-0.39, 0.29) is 17.8 Å². The first-order valence-corrected chi connectivity index (χ1v) is 10.3. The van der Waals surface area contributed by atoms with Crippen molar-refractivity contribution in [3.63, 3.8) is 0 Å². The molecule has 5 aromatic rings. The average Bonchev–Trinajstić information content (AvgIpc) is 3.53. The van der Waals surface area contributed by atoms with Gasteiger partial charge in [-0.3, -0.25) is 20.2 Å². The van der Waals surface area contributed by atoms with Crippen LogP contribution >= 0.6 is 0 Å².